The Hall–Kier alpha value is -3.39. The van der Waals surface area contributed by atoms with Crippen LogP contribution in [-0.4, -0.2) is 68.2 Å². The number of nitro benzene ring substituents is 1. The molecule has 0 N–H and O–H groups in total. The third-order valence-electron chi connectivity index (χ3n) is 5.68. The number of benzene rings is 2. The van der Waals surface area contributed by atoms with Gasteiger partial charge in [0.2, 0.25) is 5.91 Å². The standard InChI is InChI=1S/C23H26N4O4/c28-23(9-6-19-4-2-1-3-5-19)26-12-10-24(11-13-26)20-7-8-21(27(29)30)22(18-20)25-14-16-31-17-15-25/h1-9,18H,10-17H2/b9-6+. The predicted octanol–water partition coefficient (Wildman–Crippen LogP) is 2.79. The molecular weight excluding hydrogens is 396 g/mol. The maximum atomic E-state index is 12.5. The van der Waals surface area contributed by atoms with Gasteiger partial charge >= 0.3 is 0 Å². The quantitative estimate of drug-likeness (QED) is 0.419. The zero-order chi connectivity index (χ0) is 21.6. The zero-order valence-corrected chi connectivity index (χ0v) is 17.4. The summed E-state index contributed by atoms with van der Waals surface area (Å²) < 4.78 is 5.39. The second-order valence-electron chi connectivity index (χ2n) is 7.59. The molecule has 2 aromatic carbocycles. The van der Waals surface area contributed by atoms with Crippen molar-refractivity contribution < 1.29 is 14.5 Å². The van der Waals surface area contributed by atoms with Crippen LogP contribution in [-0.2, 0) is 9.53 Å². The van der Waals surface area contributed by atoms with Crippen LogP contribution in [0.2, 0.25) is 0 Å². The van der Waals surface area contributed by atoms with Gasteiger partial charge in [0.1, 0.15) is 5.69 Å². The number of anilines is 2. The number of ether oxygens (including phenoxy) is 1. The van der Waals surface area contributed by atoms with Gasteiger partial charge in [-0.3, -0.25) is 14.9 Å². The second kappa shape index (κ2) is 9.61. The molecule has 0 aromatic heterocycles. The number of nitrogens with zero attached hydrogens (tertiary/aromatic N) is 4. The van der Waals surface area contributed by atoms with Crippen molar-refractivity contribution in [2.24, 2.45) is 0 Å². The van der Waals surface area contributed by atoms with E-state index >= 15 is 0 Å². The molecule has 1 amide bonds. The van der Waals surface area contributed by atoms with Crippen molar-refractivity contribution in [3.05, 3.63) is 70.3 Å². The topological polar surface area (TPSA) is 79.2 Å². The molecule has 0 atom stereocenters. The van der Waals surface area contributed by atoms with E-state index in [1.54, 1.807) is 18.2 Å². The SMILES string of the molecule is O=C(/C=C/c1ccccc1)N1CCN(c2ccc([N+](=O)[O-])c(N3CCOCC3)c2)CC1. The molecule has 8 heteroatoms. The van der Waals surface area contributed by atoms with Crippen LogP contribution < -0.4 is 9.80 Å². The first-order valence-electron chi connectivity index (χ1n) is 10.5. The first-order valence-corrected chi connectivity index (χ1v) is 10.5. The summed E-state index contributed by atoms with van der Waals surface area (Å²) in [4.78, 5) is 29.7. The van der Waals surface area contributed by atoms with E-state index in [-0.39, 0.29) is 16.5 Å². The third-order valence-corrected chi connectivity index (χ3v) is 5.68. The average Bonchev–Trinajstić information content (AvgIpc) is 2.83. The fourth-order valence-corrected chi connectivity index (χ4v) is 3.94. The van der Waals surface area contributed by atoms with Gasteiger partial charge in [0.25, 0.3) is 5.69 Å². The van der Waals surface area contributed by atoms with Crippen molar-refractivity contribution in [1.29, 1.82) is 0 Å². The molecule has 2 aromatic rings. The summed E-state index contributed by atoms with van der Waals surface area (Å²) in [5.41, 5.74) is 2.69. The van der Waals surface area contributed by atoms with Crippen LogP contribution in [0.4, 0.5) is 17.1 Å². The maximum Gasteiger partial charge on any atom is 0.292 e. The number of hydrogen-bond donors (Lipinski definition) is 0. The molecule has 0 radical (unpaired) electrons. The van der Waals surface area contributed by atoms with Gasteiger partial charge in [-0.2, -0.15) is 0 Å². The number of morpholine rings is 1. The highest BCUT2D eigenvalue weighted by molar-refractivity contribution is 5.92. The summed E-state index contributed by atoms with van der Waals surface area (Å²) in [5.74, 6) is 0.00112. The molecule has 2 aliphatic rings. The van der Waals surface area contributed by atoms with Crippen molar-refractivity contribution >= 4 is 29.0 Å². The van der Waals surface area contributed by atoms with Crippen LogP contribution in [0.25, 0.3) is 6.08 Å². The van der Waals surface area contributed by atoms with Crippen molar-refractivity contribution in [2.45, 2.75) is 0 Å². The molecule has 4 rings (SSSR count). The van der Waals surface area contributed by atoms with E-state index in [1.165, 1.54) is 0 Å². The van der Waals surface area contributed by atoms with Gasteiger partial charge in [-0.1, -0.05) is 30.3 Å². The molecule has 0 bridgehead atoms. The Morgan fingerprint density at radius 1 is 0.935 bits per heavy atom. The average molecular weight is 422 g/mol. The Bertz CT molecular complexity index is 949. The van der Waals surface area contributed by atoms with Crippen LogP contribution in [0.15, 0.2) is 54.6 Å². The van der Waals surface area contributed by atoms with Crippen molar-refractivity contribution in [3.8, 4) is 0 Å². The van der Waals surface area contributed by atoms with Gasteiger partial charge in [-0.15, -0.1) is 0 Å². The number of amides is 1. The number of rotatable bonds is 5. The molecule has 0 unspecified atom stereocenters. The summed E-state index contributed by atoms with van der Waals surface area (Å²) in [6, 6.07) is 15.0. The molecule has 0 spiro atoms. The third kappa shape index (κ3) is 5.03. The van der Waals surface area contributed by atoms with E-state index in [0.717, 1.165) is 11.3 Å². The number of nitro groups is 1. The molecule has 2 heterocycles. The van der Waals surface area contributed by atoms with E-state index < -0.39 is 0 Å². The van der Waals surface area contributed by atoms with Crippen molar-refractivity contribution in [1.82, 2.24) is 4.90 Å². The first-order chi connectivity index (χ1) is 15.1. The van der Waals surface area contributed by atoms with E-state index in [2.05, 4.69) is 4.90 Å². The van der Waals surface area contributed by atoms with Gasteiger partial charge in [0.15, 0.2) is 0 Å². The smallest absolute Gasteiger partial charge is 0.292 e. The Morgan fingerprint density at radius 2 is 1.65 bits per heavy atom. The van der Waals surface area contributed by atoms with E-state index in [1.807, 2.05) is 52.3 Å². The first kappa shape index (κ1) is 20.9. The zero-order valence-electron chi connectivity index (χ0n) is 17.4. The minimum Gasteiger partial charge on any atom is -0.378 e. The van der Waals surface area contributed by atoms with Gasteiger partial charge in [0.05, 0.1) is 18.1 Å². The molecule has 8 nitrogen and oxygen atoms in total. The van der Waals surface area contributed by atoms with Crippen LogP contribution in [0.5, 0.6) is 0 Å². The molecule has 0 saturated carbocycles. The molecule has 2 fully saturated rings. The largest absolute Gasteiger partial charge is 0.378 e. The number of hydrogen-bond acceptors (Lipinski definition) is 6. The van der Waals surface area contributed by atoms with Crippen LogP contribution in [0.1, 0.15) is 5.56 Å². The summed E-state index contributed by atoms with van der Waals surface area (Å²) in [7, 11) is 0. The van der Waals surface area contributed by atoms with E-state index in [9.17, 15) is 14.9 Å². The Morgan fingerprint density at radius 3 is 2.32 bits per heavy atom. The molecule has 31 heavy (non-hydrogen) atoms. The lowest BCUT2D eigenvalue weighted by Crippen LogP contribution is -2.48. The summed E-state index contributed by atoms with van der Waals surface area (Å²) in [5, 5.41) is 11.5. The highest BCUT2D eigenvalue weighted by Crippen LogP contribution is 2.33. The summed E-state index contributed by atoms with van der Waals surface area (Å²) >= 11 is 0. The van der Waals surface area contributed by atoms with Gasteiger partial charge in [-0.25, -0.2) is 0 Å². The van der Waals surface area contributed by atoms with Crippen LogP contribution >= 0.6 is 0 Å². The van der Waals surface area contributed by atoms with Crippen molar-refractivity contribution in [2.75, 3.05) is 62.3 Å². The van der Waals surface area contributed by atoms with Gasteiger partial charge in [-0.05, 0) is 23.8 Å². The maximum absolute atomic E-state index is 12.5. The lowest BCUT2D eigenvalue weighted by Gasteiger charge is -2.36. The number of carbonyl (C=O) groups is 1. The van der Waals surface area contributed by atoms with Crippen LogP contribution in [0, 0.1) is 10.1 Å². The Balaban J connectivity index is 1.41. The minimum atomic E-state index is -0.329. The lowest BCUT2D eigenvalue weighted by molar-refractivity contribution is -0.384. The fraction of sp³-hybridized carbons (Fsp3) is 0.348. The van der Waals surface area contributed by atoms with Crippen LogP contribution in [0.3, 0.4) is 0 Å². The molecule has 2 aliphatic heterocycles. The monoisotopic (exact) mass is 422 g/mol. The fourth-order valence-electron chi connectivity index (χ4n) is 3.94. The Labute approximate surface area is 181 Å². The minimum absolute atomic E-state index is 0.00112. The highest BCUT2D eigenvalue weighted by atomic mass is 16.6. The summed E-state index contributed by atoms with van der Waals surface area (Å²) in [6.45, 7) is 5.01. The van der Waals surface area contributed by atoms with Gasteiger partial charge < -0.3 is 19.4 Å². The van der Waals surface area contributed by atoms with Gasteiger partial charge in [0, 0.05) is 57.1 Å². The molecule has 0 aliphatic carbocycles. The van der Waals surface area contributed by atoms with E-state index in [0.29, 0.717) is 58.2 Å². The lowest BCUT2D eigenvalue weighted by atomic mass is 10.1. The Kier molecular flexibility index (Phi) is 6.47. The number of carbonyl (C=O) groups excluding carboxylic acids is 1. The molecule has 162 valence electrons. The second-order valence-corrected chi connectivity index (χ2v) is 7.59. The highest BCUT2D eigenvalue weighted by Gasteiger charge is 2.25. The molecule has 2 saturated heterocycles. The van der Waals surface area contributed by atoms with E-state index in [4.69, 9.17) is 4.74 Å². The van der Waals surface area contributed by atoms with Crippen molar-refractivity contribution in [3.63, 3.8) is 0 Å². The molecular formula is C23H26N4O4. The normalized spacial score (nSPS) is 17.2. The predicted molar refractivity (Wildman–Crippen MR) is 120 cm³/mol. The number of piperazine rings is 1. The summed E-state index contributed by atoms with van der Waals surface area (Å²) in [6.07, 6.45) is 3.45.